The number of carbonyl (C=O) groups is 1. The molecule has 1 unspecified atom stereocenters. The molecule has 5 nitrogen and oxygen atoms in total. The Morgan fingerprint density at radius 3 is 2.55 bits per heavy atom. The van der Waals surface area contributed by atoms with Gasteiger partial charge in [0.05, 0.1) is 18.5 Å². The molecule has 2 aromatic carbocycles. The number of rotatable bonds is 5. The smallest absolute Gasteiger partial charge is 0.262 e. The highest BCUT2D eigenvalue weighted by Gasteiger charge is 2.34. The second-order valence-corrected chi connectivity index (χ2v) is 6.90. The van der Waals surface area contributed by atoms with Crippen molar-refractivity contribution in [2.24, 2.45) is 5.10 Å². The van der Waals surface area contributed by atoms with Crippen molar-refractivity contribution in [3.8, 4) is 0 Å². The van der Waals surface area contributed by atoms with Crippen LogP contribution in [0.25, 0.3) is 0 Å². The van der Waals surface area contributed by atoms with E-state index in [1.54, 1.807) is 18.4 Å². The molecule has 1 N–H and O–H groups in total. The zero-order chi connectivity index (χ0) is 20.4. The molecule has 7 heteroatoms. The van der Waals surface area contributed by atoms with Crippen LogP contribution in [-0.2, 0) is 4.79 Å². The number of hydrazone groups is 1. The van der Waals surface area contributed by atoms with Crippen molar-refractivity contribution in [1.29, 1.82) is 0 Å². The van der Waals surface area contributed by atoms with E-state index in [0.717, 1.165) is 35.0 Å². The molecule has 0 saturated heterocycles. The van der Waals surface area contributed by atoms with Crippen LogP contribution in [0.2, 0.25) is 0 Å². The summed E-state index contributed by atoms with van der Waals surface area (Å²) in [7, 11) is 0. The minimum absolute atomic E-state index is 0.162. The fourth-order valence-corrected chi connectivity index (χ4v) is 3.28. The first-order chi connectivity index (χ1) is 14.0. The maximum atomic E-state index is 13.4. The number of hydrogen-bond acceptors (Lipinski definition) is 4. The van der Waals surface area contributed by atoms with Gasteiger partial charge in [-0.15, -0.1) is 0 Å². The Kier molecular flexibility index (Phi) is 5.12. The average Bonchev–Trinajstić information content (AvgIpc) is 3.35. The van der Waals surface area contributed by atoms with Crippen LogP contribution in [0.15, 0.2) is 70.4 Å². The maximum Gasteiger partial charge on any atom is 0.262 e. The van der Waals surface area contributed by atoms with Crippen LogP contribution in [0, 0.1) is 18.6 Å². The van der Waals surface area contributed by atoms with Crippen LogP contribution in [0.4, 0.5) is 14.5 Å². The van der Waals surface area contributed by atoms with Crippen molar-refractivity contribution in [3.63, 3.8) is 0 Å². The molecule has 1 atom stereocenters. The van der Waals surface area contributed by atoms with Crippen molar-refractivity contribution in [3.05, 3.63) is 89.4 Å². The van der Waals surface area contributed by atoms with E-state index in [4.69, 9.17) is 4.42 Å². The van der Waals surface area contributed by atoms with E-state index < -0.39 is 11.6 Å². The number of carbonyl (C=O) groups excluding carboxylic acids is 1. The Labute approximate surface area is 166 Å². The number of amides is 1. The molecular formula is C22H19F2N3O2. The minimum Gasteiger partial charge on any atom is -0.467 e. The van der Waals surface area contributed by atoms with Gasteiger partial charge in [-0.1, -0.05) is 29.8 Å². The molecule has 0 bridgehead atoms. The van der Waals surface area contributed by atoms with Crippen LogP contribution in [0.5, 0.6) is 0 Å². The first-order valence-electron chi connectivity index (χ1n) is 9.19. The van der Waals surface area contributed by atoms with Gasteiger partial charge >= 0.3 is 0 Å². The molecule has 1 aliphatic heterocycles. The lowest BCUT2D eigenvalue weighted by Crippen LogP contribution is -2.32. The first-order valence-corrected chi connectivity index (χ1v) is 9.19. The molecule has 0 spiro atoms. The van der Waals surface area contributed by atoms with Crippen LogP contribution in [0.1, 0.15) is 29.3 Å². The van der Waals surface area contributed by atoms with Gasteiger partial charge in [0.1, 0.15) is 23.4 Å². The van der Waals surface area contributed by atoms with Crippen molar-refractivity contribution in [2.45, 2.75) is 19.4 Å². The topological polar surface area (TPSA) is 57.8 Å². The number of benzene rings is 2. The van der Waals surface area contributed by atoms with Gasteiger partial charge < -0.3 is 9.73 Å². The molecular weight excluding hydrogens is 376 g/mol. The molecule has 0 saturated carbocycles. The Hall–Kier alpha value is -3.48. The lowest BCUT2D eigenvalue weighted by atomic mass is 10.0. The van der Waals surface area contributed by atoms with Gasteiger partial charge in [-0.25, -0.2) is 13.8 Å². The summed E-state index contributed by atoms with van der Waals surface area (Å²) in [6.07, 6.45) is 2.06. The second kappa shape index (κ2) is 7.87. The van der Waals surface area contributed by atoms with E-state index >= 15 is 0 Å². The Balaban J connectivity index is 1.55. The van der Waals surface area contributed by atoms with Gasteiger partial charge in [0.25, 0.3) is 5.91 Å². The molecule has 1 aromatic heterocycles. The fraction of sp³-hybridized carbons (Fsp3) is 0.182. The molecule has 0 aliphatic carbocycles. The molecule has 148 valence electrons. The van der Waals surface area contributed by atoms with Crippen LogP contribution < -0.4 is 5.32 Å². The lowest BCUT2D eigenvalue weighted by molar-refractivity contribution is -0.131. The number of anilines is 1. The number of nitrogens with zero attached hydrogens (tertiary/aromatic N) is 2. The standard InChI is InChI=1S/C22H19F2N3O2/c1-14-4-6-15(7-5-14)19-12-20(21-3-2-8-29-21)27(26-19)22(28)13-25-18-10-16(23)9-17(24)11-18/h2-11,20,25H,12-13H2,1H3. The Bertz CT molecular complexity index is 1030. The number of furan rings is 1. The summed E-state index contributed by atoms with van der Waals surface area (Å²) in [6.45, 7) is 1.84. The summed E-state index contributed by atoms with van der Waals surface area (Å²) in [5.74, 6) is -1.14. The summed E-state index contributed by atoms with van der Waals surface area (Å²) in [5.41, 5.74) is 3.03. The third kappa shape index (κ3) is 4.18. The summed E-state index contributed by atoms with van der Waals surface area (Å²) >= 11 is 0. The second-order valence-electron chi connectivity index (χ2n) is 6.90. The van der Waals surface area contributed by atoms with Crippen molar-refractivity contribution in [1.82, 2.24) is 5.01 Å². The van der Waals surface area contributed by atoms with Crippen LogP contribution in [-0.4, -0.2) is 23.2 Å². The summed E-state index contributed by atoms with van der Waals surface area (Å²) < 4.78 is 32.2. The fourth-order valence-electron chi connectivity index (χ4n) is 3.28. The predicted molar refractivity (Wildman–Crippen MR) is 105 cm³/mol. The Morgan fingerprint density at radius 1 is 1.17 bits per heavy atom. The van der Waals surface area contributed by atoms with E-state index in [1.807, 2.05) is 31.2 Å². The molecule has 1 aliphatic rings. The van der Waals surface area contributed by atoms with Crippen LogP contribution in [0.3, 0.4) is 0 Å². The van der Waals surface area contributed by atoms with Gasteiger partial charge in [-0.05, 0) is 36.8 Å². The largest absolute Gasteiger partial charge is 0.467 e. The van der Waals surface area contributed by atoms with Gasteiger partial charge in [0, 0.05) is 18.2 Å². The van der Waals surface area contributed by atoms with Crippen molar-refractivity contribution >= 4 is 17.3 Å². The number of hydrogen-bond donors (Lipinski definition) is 1. The normalized spacial score (nSPS) is 16.0. The summed E-state index contributed by atoms with van der Waals surface area (Å²) in [6, 6.07) is 14.1. The van der Waals surface area contributed by atoms with Crippen molar-refractivity contribution in [2.75, 3.05) is 11.9 Å². The van der Waals surface area contributed by atoms with E-state index in [1.165, 1.54) is 5.01 Å². The van der Waals surface area contributed by atoms with E-state index in [-0.39, 0.29) is 24.2 Å². The highest BCUT2D eigenvalue weighted by molar-refractivity contribution is 6.03. The van der Waals surface area contributed by atoms with Gasteiger partial charge in [0.15, 0.2) is 0 Å². The SMILES string of the molecule is Cc1ccc(C2=NN(C(=O)CNc3cc(F)cc(F)c3)C(c3ccco3)C2)cc1. The third-order valence-corrected chi connectivity index (χ3v) is 4.73. The lowest BCUT2D eigenvalue weighted by Gasteiger charge is -2.20. The van der Waals surface area contributed by atoms with Crippen molar-refractivity contribution < 1.29 is 18.0 Å². The summed E-state index contributed by atoms with van der Waals surface area (Å²) in [5, 5.41) is 8.66. The number of aryl methyl sites for hydroxylation is 1. The summed E-state index contributed by atoms with van der Waals surface area (Å²) in [4.78, 5) is 12.9. The minimum atomic E-state index is -0.714. The number of halogens is 2. The monoisotopic (exact) mass is 395 g/mol. The van der Waals surface area contributed by atoms with Gasteiger partial charge in [-0.3, -0.25) is 4.79 Å². The third-order valence-electron chi connectivity index (χ3n) is 4.73. The molecule has 29 heavy (non-hydrogen) atoms. The molecule has 4 rings (SSSR count). The highest BCUT2D eigenvalue weighted by atomic mass is 19.1. The maximum absolute atomic E-state index is 13.4. The van der Waals surface area contributed by atoms with Gasteiger partial charge in [0.2, 0.25) is 0 Å². The predicted octanol–water partition coefficient (Wildman–Crippen LogP) is 4.66. The van der Waals surface area contributed by atoms with Crippen LogP contribution >= 0.6 is 0 Å². The zero-order valence-corrected chi connectivity index (χ0v) is 15.7. The number of nitrogens with one attached hydrogen (secondary N) is 1. The molecule has 0 fully saturated rings. The average molecular weight is 395 g/mol. The molecule has 0 radical (unpaired) electrons. The highest BCUT2D eigenvalue weighted by Crippen LogP contribution is 2.33. The zero-order valence-electron chi connectivity index (χ0n) is 15.7. The molecule has 2 heterocycles. The van der Waals surface area contributed by atoms with E-state index in [0.29, 0.717) is 12.2 Å². The Morgan fingerprint density at radius 2 is 1.90 bits per heavy atom. The molecule has 3 aromatic rings. The quantitative estimate of drug-likeness (QED) is 0.684. The molecule has 1 amide bonds. The van der Waals surface area contributed by atoms with Gasteiger partial charge in [-0.2, -0.15) is 5.10 Å². The van der Waals surface area contributed by atoms with E-state index in [2.05, 4.69) is 10.4 Å². The first kappa shape index (κ1) is 18.9. The van der Waals surface area contributed by atoms with E-state index in [9.17, 15) is 13.6 Å².